The summed E-state index contributed by atoms with van der Waals surface area (Å²) in [4.78, 5) is 16.8. The van der Waals surface area contributed by atoms with Gasteiger partial charge in [-0.15, -0.1) is 0 Å². The molecule has 7 heteroatoms. The van der Waals surface area contributed by atoms with E-state index in [2.05, 4.69) is 20.7 Å². The van der Waals surface area contributed by atoms with Crippen LogP contribution in [-0.4, -0.2) is 39.5 Å². The first-order chi connectivity index (χ1) is 12.1. The first kappa shape index (κ1) is 16.1. The zero-order valence-corrected chi connectivity index (χ0v) is 14.5. The zero-order valence-electron chi connectivity index (χ0n) is 14.5. The van der Waals surface area contributed by atoms with Gasteiger partial charge < -0.3 is 10.1 Å². The molecule has 7 nitrogen and oxygen atoms in total. The quantitative estimate of drug-likeness (QED) is 0.895. The van der Waals surface area contributed by atoms with Gasteiger partial charge in [-0.1, -0.05) is 0 Å². The third-order valence-electron chi connectivity index (χ3n) is 4.73. The van der Waals surface area contributed by atoms with Crippen LogP contribution in [0, 0.1) is 19.8 Å². The van der Waals surface area contributed by atoms with Gasteiger partial charge in [-0.2, -0.15) is 9.78 Å². The van der Waals surface area contributed by atoms with Crippen molar-refractivity contribution in [2.24, 2.45) is 5.92 Å². The van der Waals surface area contributed by atoms with Crippen LogP contribution in [0.25, 0.3) is 5.82 Å². The van der Waals surface area contributed by atoms with Crippen LogP contribution in [0.4, 0.5) is 10.6 Å². The molecule has 2 amide bonds. The molecule has 0 bridgehead atoms. The van der Waals surface area contributed by atoms with Crippen molar-refractivity contribution in [3.05, 3.63) is 35.7 Å². The Morgan fingerprint density at radius 2 is 2.12 bits per heavy atom. The number of amides is 2. The molecular weight excluding hydrogens is 318 g/mol. The standard InChI is InChI=1S/C18H23N5O2/c1-11-5-7-19-15(9-11)23-16(10-12(2)22-23)21-18(24)20-14-6-8-25-17(14)13-3-4-13/h5,7,9-10,13-14,17H,3-4,6,8H2,1-2H3,(H2,20,21,24)/t14-,17+/m0/s1. The van der Waals surface area contributed by atoms with Crippen molar-refractivity contribution in [1.82, 2.24) is 20.1 Å². The van der Waals surface area contributed by atoms with E-state index < -0.39 is 0 Å². The molecule has 0 aromatic carbocycles. The molecule has 2 N–H and O–H groups in total. The second kappa shape index (κ2) is 6.48. The first-order valence-electron chi connectivity index (χ1n) is 8.79. The number of rotatable bonds is 4. The second-order valence-electron chi connectivity index (χ2n) is 6.94. The van der Waals surface area contributed by atoms with E-state index in [1.165, 1.54) is 12.8 Å². The maximum atomic E-state index is 12.5. The van der Waals surface area contributed by atoms with Crippen molar-refractivity contribution in [2.75, 3.05) is 11.9 Å². The molecule has 2 fully saturated rings. The summed E-state index contributed by atoms with van der Waals surface area (Å²) in [6.07, 6.45) is 5.18. The number of nitrogens with one attached hydrogen (secondary N) is 2. The van der Waals surface area contributed by atoms with Crippen LogP contribution in [0.3, 0.4) is 0 Å². The zero-order chi connectivity index (χ0) is 17.4. The molecule has 1 saturated carbocycles. The van der Waals surface area contributed by atoms with Crippen LogP contribution in [-0.2, 0) is 4.74 Å². The minimum atomic E-state index is -0.227. The van der Waals surface area contributed by atoms with Gasteiger partial charge in [0.1, 0.15) is 5.82 Å². The smallest absolute Gasteiger partial charge is 0.320 e. The molecular formula is C18H23N5O2. The summed E-state index contributed by atoms with van der Waals surface area (Å²) >= 11 is 0. The lowest BCUT2D eigenvalue weighted by molar-refractivity contribution is 0.0829. The highest BCUT2D eigenvalue weighted by Gasteiger charge is 2.41. The lowest BCUT2D eigenvalue weighted by Gasteiger charge is -2.19. The fourth-order valence-electron chi connectivity index (χ4n) is 3.38. The van der Waals surface area contributed by atoms with Crippen LogP contribution in [0.15, 0.2) is 24.4 Å². The molecule has 25 heavy (non-hydrogen) atoms. The molecule has 0 unspecified atom stereocenters. The van der Waals surface area contributed by atoms with Crippen molar-refractivity contribution in [3.8, 4) is 5.82 Å². The van der Waals surface area contributed by atoms with E-state index in [0.29, 0.717) is 17.6 Å². The van der Waals surface area contributed by atoms with Crippen LogP contribution in [0.2, 0.25) is 0 Å². The third-order valence-corrected chi connectivity index (χ3v) is 4.73. The summed E-state index contributed by atoms with van der Waals surface area (Å²) in [5.41, 5.74) is 1.91. The maximum absolute atomic E-state index is 12.5. The van der Waals surface area contributed by atoms with E-state index in [-0.39, 0.29) is 18.2 Å². The molecule has 2 aliphatic rings. The van der Waals surface area contributed by atoms with E-state index in [4.69, 9.17) is 4.74 Å². The Morgan fingerprint density at radius 3 is 2.88 bits per heavy atom. The summed E-state index contributed by atoms with van der Waals surface area (Å²) in [5.74, 6) is 1.90. The van der Waals surface area contributed by atoms with Gasteiger partial charge in [0, 0.05) is 18.9 Å². The monoisotopic (exact) mass is 341 g/mol. The molecule has 2 aromatic rings. The van der Waals surface area contributed by atoms with Crippen LogP contribution in [0.1, 0.15) is 30.5 Å². The van der Waals surface area contributed by atoms with Gasteiger partial charge in [0.15, 0.2) is 5.82 Å². The Kier molecular flexibility index (Phi) is 4.17. The third kappa shape index (κ3) is 3.51. The van der Waals surface area contributed by atoms with Crippen molar-refractivity contribution >= 4 is 11.8 Å². The van der Waals surface area contributed by atoms with E-state index in [0.717, 1.165) is 24.3 Å². The molecule has 1 aliphatic carbocycles. The van der Waals surface area contributed by atoms with Crippen LogP contribution in [0.5, 0.6) is 0 Å². The first-order valence-corrected chi connectivity index (χ1v) is 8.79. The number of ether oxygens (including phenoxy) is 1. The lowest BCUT2D eigenvalue weighted by Crippen LogP contribution is -2.43. The minimum Gasteiger partial charge on any atom is -0.376 e. The fraction of sp³-hybridized carbons (Fsp3) is 0.500. The van der Waals surface area contributed by atoms with E-state index in [1.807, 2.05) is 32.0 Å². The minimum absolute atomic E-state index is 0.0852. The Morgan fingerprint density at radius 1 is 1.28 bits per heavy atom. The highest BCUT2D eigenvalue weighted by molar-refractivity contribution is 5.89. The Balaban J connectivity index is 1.48. The average molecular weight is 341 g/mol. The number of aryl methyl sites for hydroxylation is 2. The van der Waals surface area contributed by atoms with E-state index >= 15 is 0 Å². The molecule has 2 aromatic heterocycles. The van der Waals surface area contributed by atoms with E-state index in [1.54, 1.807) is 10.9 Å². The number of aromatic nitrogens is 3. The van der Waals surface area contributed by atoms with Crippen LogP contribution < -0.4 is 10.6 Å². The summed E-state index contributed by atoms with van der Waals surface area (Å²) in [6, 6.07) is 5.56. The number of carbonyl (C=O) groups excluding carboxylic acids is 1. The van der Waals surface area contributed by atoms with Gasteiger partial charge in [-0.25, -0.2) is 9.78 Å². The number of nitrogens with zero attached hydrogens (tertiary/aromatic N) is 3. The molecule has 0 radical (unpaired) electrons. The summed E-state index contributed by atoms with van der Waals surface area (Å²) in [7, 11) is 0. The van der Waals surface area contributed by atoms with Crippen LogP contribution >= 0.6 is 0 Å². The second-order valence-corrected chi connectivity index (χ2v) is 6.94. The summed E-state index contributed by atoms with van der Waals surface area (Å²) in [5, 5.41) is 10.4. The number of carbonyl (C=O) groups is 1. The van der Waals surface area contributed by atoms with Crippen molar-refractivity contribution in [3.63, 3.8) is 0 Å². The largest absolute Gasteiger partial charge is 0.376 e. The number of pyridine rings is 1. The molecule has 1 saturated heterocycles. The molecule has 2 atom stereocenters. The number of anilines is 1. The van der Waals surface area contributed by atoms with Crippen molar-refractivity contribution in [1.29, 1.82) is 0 Å². The van der Waals surface area contributed by atoms with Crippen molar-refractivity contribution < 1.29 is 9.53 Å². The highest BCUT2D eigenvalue weighted by Crippen LogP contribution is 2.38. The van der Waals surface area contributed by atoms with Gasteiger partial charge in [-0.05, 0) is 56.7 Å². The Labute approximate surface area is 146 Å². The molecule has 1 aliphatic heterocycles. The number of hydrogen-bond acceptors (Lipinski definition) is 4. The SMILES string of the molecule is Cc1ccnc(-n2nc(C)cc2NC(=O)N[C@H]2CCO[C@@H]2C2CC2)c1. The Bertz CT molecular complexity index is 784. The van der Waals surface area contributed by atoms with Gasteiger partial charge in [-0.3, -0.25) is 5.32 Å². The van der Waals surface area contributed by atoms with Gasteiger partial charge in [0.2, 0.25) is 0 Å². The van der Waals surface area contributed by atoms with E-state index in [9.17, 15) is 4.79 Å². The molecule has 4 rings (SSSR count). The predicted molar refractivity (Wildman–Crippen MR) is 93.9 cm³/mol. The lowest BCUT2D eigenvalue weighted by atomic mass is 10.1. The topological polar surface area (TPSA) is 81.1 Å². The van der Waals surface area contributed by atoms with Gasteiger partial charge in [0.05, 0.1) is 17.8 Å². The fourth-order valence-corrected chi connectivity index (χ4v) is 3.38. The number of hydrogen-bond donors (Lipinski definition) is 2. The summed E-state index contributed by atoms with van der Waals surface area (Å²) in [6.45, 7) is 4.61. The molecule has 0 spiro atoms. The predicted octanol–water partition coefficient (Wildman–Crippen LogP) is 2.57. The van der Waals surface area contributed by atoms with Crippen molar-refractivity contribution in [2.45, 2.75) is 45.3 Å². The number of urea groups is 1. The average Bonchev–Trinajstić information content (AvgIpc) is 3.21. The maximum Gasteiger partial charge on any atom is 0.320 e. The molecule has 132 valence electrons. The normalized spacial score (nSPS) is 22.8. The van der Waals surface area contributed by atoms with Gasteiger partial charge >= 0.3 is 6.03 Å². The van der Waals surface area contributed by atoms with Gasteiger partial charge in [0.25, 0.3) is 0 Å². The highest BCUT2D eigenvalue weighted by atomic mass is 16.5. The molecule has 3 heterocycles. The summed E-state index contributed by atoms with van der Waals surface area (Å²) < 4.78 is 7.44. The Hall–Kier alpha value is -2.41.